The molecule has 23 aromatic rings. The quantitative estimate of drug-likeness (QED) is 0.110. The Morgan fingerprint density at radius 1 is 0.170 bits per heavy atom. The highest BCUT2D eigenvalue weighted by atomic mass is 32.1. The van der Waals surface area contributed by atoms with Crippen LogP contribution < -0.4 is 0 Å². The third kappa shape index (κ3) is 8.40. The van der Waals surface area contributed by atoms with Gasteiger partial charge in [0.2, 0.25) is 0 Å². The Kier molecular flexibility index (Phi) is 12.4. The van der Waals surface area contributed by atoms with E-state index in [1.807, 2.05) is 22.7 Å². The van der Waals surface area contributed by atoms with Gasteiger partial charge in [-0.1, -0.05) is 285 Å². The molecule has 0 aliphatic heterocycles. The molecule has 1 aliphatic rings. The van der Waals surface area contributed by atoms with E-state index in [0.717, 1.165) is 12.8 Å². The van der Waals surface area contributed by atoms with Crippen molar-refractivity contribution in [2.24, 2.45) is 0 Å². The lowest BCUT2D eigenvalue weighted by Gasteiger charge is -2.22. The van der Waals surface area contributed by atoms with Crippen molar-refractivity contribution < 1.29 is 0 Å². The van der Waals surface area contributed by atoms with Gasteiger partial charge in [-0.3, -0.25) is 0 Å². The third-order valence-electron chi connectivity index (χ3n) is 24.0. The van der Waals surface area contributed by atoms with Gasteiger partial charge >= 0.3 is 0 Å². The zero-order valence-electron chi connectivity index (χ0n) is 57.6. The molecule has 0 radical (unpaired) electrons. The molecule has 0 bridgehead atoms. The van der Waals surface area contributed by atoms with E-state index in [1.165, 1.54) is 248 Å². The summed E-state index contributed by atoms with van der Waals surface area (Å²) in [6.45, 7) is 0. The summed E-state index contributed by atoms with van der Waals surface area (Å²) in [5.74, 6) is 0. The topological polar surface area (TPSA) is 0 Å². The van der Waals surface area contributed by atoms with Gasteiger partial charge in [0.1, 0.15) is 0 Å². The molecule has 2 heterocycles. The minimum Gasteiger partial charge on any atom is -0.135 e. The molecule has 2 aromatic heterocycles. The molecule has 0 spiro atoms. The van der Waals surface area contributed by atoms with Crippen LogP contribution in [0.25, 0.3) is 237 Å². The van der Waals surface area contributed by atoms with E-state index in [4.69, 9.17) is 0 Å². The predicted octanol–water partition coefficient (Wildman–Crippen LogP) is 30.3. The first-order valence-electron chi connectivity index (χ1n) is 37.1. The number of thiophene rings is 2. The van der Waals surface area contributed by atoms with Crippen LogP contribution in [0.4, 0.5) is 0 Å². The van der Waals surface area contributed by atoms with Crippen molar-refractivity contribution in [3.05, 3.63) is 351 Å². The molecule has 0 saturated heterocycles. The molecule has 21 aromatic carbocycles. The van der Waals surface area contributed by atoms with Crippen molar-refractivity contribution in [1.29, 1.82) is 0 Å². The van der Waals surface area contributed by atoms with Gasteiger partial charge < -0.3 is 0 Å². The minimum atomic E-state index is 1.05. The third-order valence-corrected chi connectivity index (χ3v) is 26.3. The number of fused-ring (bicyclic) bond motifs is 14. The summed E-state index contributed by atoms with van der Waals surface area (Å²) >= 11 is 3.81. The Balaban J connectivity index is 0.672. The maximum atomic E-state index is 2.52. The zero-order chi connectivity index (χ0) is 69.0. The first-order valence-corrected chi connectivity index (χ1v) is 38.7. The molecule has 0 nitrogen and oxygen atoms in total. The SMILES string of the molecule is c1ccc(-c2c3ccccc3c(-c3ccc4c(ccc5sc6ccc(-c7c8ccccc8c(-c8ccccc8)c8c(-c9cc%10cccc%11ccc%12c(-c%13ccc%14c(ccc%15sc%16ccc(-c%17ccc%18ccc%19cccc%20c%19c%18c%17CC%20)cc%16c%15%14)c%13)ccc9c%12c%11%10)cccc78)cc6c54)c3)c3ccccc23)cc1. The second kappa shape index (κ2) is 22.3. The van der Waals surface area contributed by atoms with Crippen LogP contribution in [0.1, 0.15) is 11.1 Å². The molecule has 0 amide bonds. The van der Waals surface area contributed by atoms with Crippen molar-refractivity contribution in [1.82, 2.24) is 0 Å². The highest BCUT2D eigenvalue weighted by Gasteiger charge is 2.26. The standard InChI is InChI=1S/C104H60S2/c1-3-16-59(17-4-1)96-76-24-7-9-26-78(76)97(79-27-10-8-25-77(79)96)70-38-45-75-67(55-70)41-53-93-102(75)89-58-71(42-51-91(89)106-93)98-80-28-11-12-29-81(80)100(60-18-5-2-6-19-60)104-82(30-15-31-86(98)104)87-57-69-23-14-22-63-36-47-84-73(48-49-85(87)103(84)95(63)69)65-37-44-74-66(54-65)40-52-92-101(74)88-56-68(39-50-90(88)105-92)72-43-34-64-33-32-61-20-13-21-62-35-46-83(72)99(64)94(61)62/h1-34,36-45,47-58H,35,46H2. The average Bonchev–Trinajstić information content (AvgIpc) is 0.767. The summed E-state index contributed by atoms with van der Waals surface area (Å²) in [6, 6.07) is 130. The molecular weight excluding hydrogens is 1310 g/mol. The van der Waals surface area contributed by atoms with E-state index >= 15 is 0 Å². The van der Waals surface area contributed by atoms with E-state index < -0.39 is 0 Å². The fourth-order valence-electron chi connectivity index (χ4n) is 19.5. The van der Waals surface area contributed by atoms with Crippen LogP contribution in [0.2, 0.25) is 0 Å². The highest BCUT2D eigenvalue weighted by Crippen LogP contribution is 2.54. The molecule has 24 rings (SSSR count). The number of benzene rings is 21. The molecule has 0 unspecified atom stereocenters. The van der Waals surface area contributed by atoms with Gasteiger partial charge in [-0.2, -0.15) is 0 Å². The molecule has 0 atom stereocenters. The number of hydrogen-bond donors (Lipinski definition) is 0. The number of aryl methyl sites for hydroxylation is 2. The van der Waals surface area contributed by atoms with Crippen LogP contribution in [0.3, 0.4) is 0 Å². The molecule has 106 heavy (non-hydrogen) atoms. The smallest absolute Gasteiger partial charge is 0.0361 e. The average molecular weight is 1370 g/mol. The highest BCUT2D eigenvalue weighted by molar-refractivity contribution is 7.26. The van der Waals surface area contributed by atoms with E-state index in [1.54, 1.807) is 0 Å². The van der Waals surface area contributed by atoms with Gasteiger partial charge in [-0.15, -0.1) is 22.7 Å². The van der Waals surface area contributed by atoms with E-state index in [-0.39, 0.29) is 0 Å². The van der Waals surface area contributed by atoms with E-state index in [9.17, 15) is 0 Å². The maximum absolute atomic E-state index is 2.52. The van der Waals surface area contributed by atoms with Crippen LogP contribution >= 0.6 is 22.7 Å². The molecule has 0 fully saturated rings. The summed E-state index contributed by atoms with van der Waals surface area (Å²) < 4.78 is 5.24. The fraction of sp³-hybridized carbons (Fsp3) is 0.0192. The van der Waals surface area contributed by atoms with Gasteiger partial charge in [0.25, 0.3) is 0 Å². The molecule has 2 heteroatoms. The second-order valence-electron chi connectivity index (χ2n) is 29.4. The van der Waals surface area contributed by atoms with Crippen molar-refractivity contribution in [3.8, 4) is 77.9 Å². The van der Waals surface area contributed by atoms with Crippen LogP contribution in [0, 0.1) is 0 Å². The van der Waals surface area contributed by atoms with Gasteiger partial charge in [-0.25, -0.2) is 0 Å². The van der Waals surface area contributed by atoms with Crippen molar-refractivity contribution in [3.63, 3.8) is 0 Å². The molecule has 0 N–H and O–H groups in total. The van der Waals surface area contributed by atoms with Crippen LogP contribution in [0.5, 0.6) is 0 Å². The number of rotatable bonds is 7. The van der Waals surface area contributed by atoms with Crippen LogP contribution in [-0.4, -0.2) is 0 Å². The molecule has 1 aliphatic carbocycles. The minimum absolute atomic E-state index is 1.05. The predicted molar refractivity (Wildman–Crippen MR) is 461 cm³/mol. The molecular formula is C104H60S2. The zero-order valence-corrected chi connectivity index (χ0v) is 59.2. The maximum Gasteiger partial charge on any atom is 0.0361 e. The van der Waals surface area contributed by atoms with Crippen molar-refractivity contribution in [2.75, 3.05) is 0 Å². The largest absolute Gasteiger partial charge is 0.135 e. The lowest BCUT2D eigenvalue weighted by molar-refractivity contribution is 0.970. The summed E-state index contributed by atoms with van der Waals surface area (Å²) in [6.07, 6.45) is 2.12. The first-order chi connectivity index (χ1) is 52.6. The van der Waals surface area contributed by atoms with Crippen molar-refractivity contribution in [2.45, 2.75) is 12.8 Å². The summed E-state index contributed by atoms with van der Waals surface area (Å²) in [5.41, 5.74) is 20.5. The lowest BCUT2D eigenvalue weighted by atomic mass is 9.81. The van der Waals surface area contributed by atoms with E-state index in [0.29, 0.717) is 0 Å². The Morgan fingerprint density at radius 2 is 0.604 bits per heavy atom. The summed E-state index contributed by atoms with van der Waals surface area (Å²) in [5, 5.41) is 33.6. The molecule has 488 valence electrons. The fourth-order valence-corrected chi connectivity index (χ4v) is 21.7. The van der Waals surface area contributed by atoms with Crippen molar-refractivity contribution >= 4 is 182 Å². The summed E-state index contributed by atoms with van der Waals surface area (Å²) in [4.78, 5) is 0. The number of hydrogen-bond acceptors (Lipinski definition) is 2. The van der Waals surface area contributed by atoms with Gasteiger partial charge in [0, 0.05) is 40.3 Å². The normalized spacial score (nSPS) is 12.6. The Labute approximate surface area is 618 Å². The lowest BCUT2D eigenvalue weighted by Crippen LogP contribution is -2.03. The molecule has 0 saturated carbocycles. The monoisotopic (exact) mass is 1370 g/mol. The summed E-state index contributed by atoms with van der Waals surface area (Å²) in [7, 11) is 0. The first kappa shape index (κ1) is 58.7. The Bertz CT molecular complexity index is 7740. The van der Waals surface area contributed by atoms with Gasteiger partial charge in [0.05, 0.1) is 0 Å². The second-order valence-corrected chi connectivity index (χ2v) is 31.6. The Morgan fingerprint density at radius 3 is 1.28 bits per heavy atom. The Hall–Kier alpha value is -12.8. The van der Waals surface area contributed by atoms with Crippen LogP contribution in [-0.2, 0) is 12.8 Å². The van der Waals surface area contributed by atoms with Gasteiger partial charge in [0.15, 0.2) is 0 Å². The van der Waals surface area contributed by atoms with Gasteiger partial charge in [-0.05, 0) is 275 Å². The van der Waals surface area contributed by atoms with Crippen LogP contribution in [0.15, 0.2) is 340 Å². The van der Waals surface area contributed by atoms with E-state index in [2.05, 4.69) is 340 Å².